The number of nitrogens with zero attached hydrogens (tertiary/aromatic N) is 1. The molecule has 3 aromatic rings. The van der Waals surface area contributed by atoms with Crippen molar-refractivity contribution in [1.82, 2.24) is 9.88 Å². The van der Waals surface area contributed by atoms with Crippen LogP contribution in [0.1, 0.15) is 15.4 Å². The van der Waals surface area contributed by atoms with Crippen LogP contribution < -0.4 is 5.73 Å². The molecule has 0 aliphatic carbocycles. The van der Waals surface area contributed by atoms with E-state index in [-0.39, 0.29) is 5.91 Å². The van der Waals surface area contributed by atoms with Crippen LogP contribution in [0.15, 0.2) is 40.2 Å². The molecular weight excluding hydrogens is 350 g/mol. The zero-order valence-corrected chi connectivity index (χ0v) is 13.8. The normalized spacial score (nSPS) is 11.0. The van der Waals surface area contributed by atoms with Crippen molar-refractivity contribution in [1.29, 1.82) is 0 Å². The molecule has 0 spiro atoms. The van der Waals surface area contributed by atoms with Gasteiger partial charge < -0.3 is 15.6 Å². The summed E-state index contributed by atoms with van der Waals surface area (Å²) in [5.41, 5.74) is 7.93. The molecule has 1 amide bonds. The predicted octanol–water partition coefficient (Wildman–Crippen LogP) is 3.85. The first kappa shape index (κ1) is 14.2. The summed E-state index contributed by atoms with van der Waals surface area (Å²) in [5, 5.41) is 2.96. The number of aromatic amines is 1. The lowest BCUT2D eigenvalue weighted by atomic mass is 10.2. The van der Waals surface area contributed by atoms with Crippen LogP contribution in [0.2, 0.25) is 0 Å². The standard InChI is InChI=1S/C15H14BrN3OS/c1-19(7-11-6-10(16)8-21-11)15(20)13-5-9-3-2-4-12(17)14(9)18-13/h2-6,8,18H,7,17H2,1H3. The average Bonchev–Trinajstić information content (AvgIpc) is 3.05. The lowest BCUT2D eigenvalue weighted by Gasteiger charge is -2.15. The van der Waals surface area contributed by atoms with E-state index in [0.29, 0.717) is 17.9 Å². The number of nitrogens with two attached hydrogens (primary N) is 1. The van der Waals surface area contributed by atoms with Crippen LogP contribution >= 0.6 is 27.3 Å². The first-order valence-corrected chi connectivity index (χ1v) is 8.07. The average molecular weight is 364 g/mol. The molecule has 4 nitrogen and oxygen atoms in total. The Morgan fingerprint density at radius 3 is 2.90 bits per heavy atom. The highest BCUT2D eigenvalue weighted by molar-refractivity contribution is 9.10. The van der Waals surface area contributed by atoms with Crippen molar-refractivity contribution in [2.24, 2.45) is 0 Å². The lowest BCUT2D eigenvalue weighted by molar-refractivity contribution is 0.0781. The van der Waals surface area contributed by atoms with Crippen molar-refractivity contribution in [3.8, 4) is 0 Å². The first-order chi connectivity index (χ1) is 10.0. The topological polar surface area (TPSA) is 62.1 Å². The van der Waals surface area contributed by atoms with Gasteiger partial charge in [-0.15, -0.1) is 11.3 Å². The van der Waals surface area contributed by atoms with Crippen molar-refractivity contribution in [3.63, 3.8) is 0 Å². The molecule has 0 fully saturated rings. The number of thiophene rings is 1. The molecule has 1 aromatic carbocycles. The summed E-state index contributed by atoms with van der Waals surface area (Å²) in [7, 11) is 1.80. The summed E-state index contributed by atoms with van der Waals surface area (Å²) in [4.78, 5) is 18.4. The molecule has 0 aliphatic rings. The van der Waals surface area contributed by atoms with Gasteiger partial charge in [0.05, 0.1) is 17.7 Å². The van der Waals surface area contributed by atoms with E-state index in [1.54, 1.807) is 23.3 Å². The van der Waals surface area contributed by atoms with Crippen LogP contribution in [0.25, 0.3) is 10.9 Å². The molecule has 2 aromatic heterocycles. The van der Waals surface area contributed by atoms with Gasteiger partial charge >= 0.3 is 0 Å². The quantitative estimate of drug-likeness (QED) is 0.694. The number of carbonyl (C=O) groups excluding carboxylic acids is 1. The molecule has 3 N–H and O–H groups in total. The van der Waals surface area contributed by atoms with Gasteiger partial charge in [-0.05, 0) is 34.1 Å². The number of halogens is 1. The molecule has 0 radical (unpaired) electrons. The summed E-state index contributed by atoms with van der Waals surface area (Å²) in [6.45, 7) is 0.583. The van der Waals surface area contributed by atoms with Gasteiger partial charge in [-0.3, -0.25) is 4.79 Å². The van der Waals surface area contributed by atoms with Crippen LogP contribution in [0, 0.1) is 0 Å². The third-order valence-electron chi connectivity index (χ3n) is 3.28. The smallest absolute Gasteiger partial charge is 0.270 e. The second kappa shape index (κ2) is 5.54. The van der Waals surface area contributed by atoms with Crippen molar-refractivity contribution in [3.05, 3.63) is 50.8 Å². The van der Waals surface area contributed by atoms with Gasteiger partial charge in [0, 0.05) is 27.2 Å². The minimum atomic E-state index is -0.0462. The Hall–Kier alpha value is -1.79. The Morgan fingerprint density at radius 2 is 2.24 bits per heavy atom. The second-order valence-electron chi connectivity index (χ2n) is 4.89. The number of H-pyrrole nitrogens is 1. The maximum Gasteiger partial charge on any atom is 0.270 e. The van der Waals surface area contributed by atoms with Gasteiger partial charge in [-0.1, -0.05) is 12.1 Å². The van der Waals surface area contributed by atoms with Crippen molar-refractivity contribution >= 4 is 49.8 Å². The van der Waals surface area contributed by atoms with Crippen LogP contribution in [0.4, 0.5) is 5.69 Å². The number of carbonyl (C=O) groups is 1. The van der Waals surface area contributed by atoms with E-state index in [2.05, 4.69) is 20.9 Å². The molecule has 2 heterocycles. The lowest BCUT2D eigenvalue weighted by Crippen LogP contribution is -2.26. The Kier molecular flexibility index (Phi) is 3.73. The minimum Gasteiger partial charge on any atom is -0.397 e. The largest absolute Gasteiger partial charge is 0.397 e. The fraction of sp³-hybridized carbons (Fsp3) is 0.133. The fourth-order valence-corrected chi connectivity index (χ4v) is 3.75. The number of nitrogen functional groups attached to an aromatic ring is 1. The first-order valence-electron chi connectivity index (χ1n) is 6.40. The van der Waals surface area contributed by atoms with Crippen molar-refractivity contribution < 1.29 is 4.79 Å². The van der Waals surface area contributed by atoms with Crippen LogP contribution in [-0.2, 0) is 6.54 Å². The van der Waals surface area contributed by atoms with E-state index >= 15 is 0 Å². The number of aromatic nitrogens is 1. The number of hydrogen-bond acceptors (Lipinski definition) is 3. The molecule has 0 aliphatic heterocycles. The highest BCUT2D eigenvalue weighted by atomic mass is 79.9. The molecule has 108 valence electrons. The monoisotopic (exact) mass is 363 g/mol. The third-order valence-corrected chi connectivity index (χ3v) is 4.96. The van der Waals surface area contributed by atoms with Gasteiger partial charge in [-0.2, -0.15) is 0 Å². The molecule has 0 atom stereocenters. The number of para-hydroxylation sites is 1. The summed E-state index contributed by atoms with van der Waals surface area (Å²) in [6.07, 6.45) is 0. The van der Waals surface area contributed by atoms with Gasteiger partial charge in [0.1, 0.15) is 5.69 Å². The van der Waals surface area contributed by atoms with Crippen molar-refractivity contribution in [2.75, 3.05) is 12.8 Å². The number of amides is 1. The van der Waals surface area contributed by atoms with Crippen molar-refractivity contribution in [2.45, 2.75) is 6.54 Å². The van der Waals surface area contributed by atoms with E-state index in [4.69, 9.17) is 5.73 Å². The summed E-state index contributed by atoms with van der Waals surface area (Å²) < 4.78 is 1.04. The van der Waals surface area contributed by atoms with E-state index in [1.165, 1.54) is 0 Å². The van der Waals surface area contributed by atoms with E-state index < -0.39 is 0 Å². The minimum absolute atomic E-state index is 0.0462. The molecule has 0 saturated heterocycles. The fourth-order valence-electron chi connectivity index (χ4n) is 2.24. The second-order valence-corrected chi connectivity index (χ2v) is 6.80. The number of anilines is 1. The zero-order chi connectivity index (χ0) is 15.0. The highest BCUT2D eigenvalue weighted by Crippen LogP contribution is 2.23. The SMILES string of the molecule is CN(Cc1cc(Br)cs1)C(=O)c1cc2cccc(N)c2[nH]1. The molecule has 21 heavy (non-hydrogen) atoms. The van der Waals surface area contributed by atoms with Crippen LogP contribution in [-0.4, -0.2) is 22.8 Å². The Morgan fingerprint density at radius 1 is 1.43 bits per heavy atom. The van der Waals surface area contributed by atoms with Gasteiger partial charge in [0.25, 0.3) is 5.91 Å². The number of benzene rings is 1. The molecule has 6 heteroatoms. The molecule has 0 saturated carbocycles. The van der Waals surface area contributed by atoms with E-state index in [9.17, 15) is 4.79 Å². The Balaban J connectivity index is 1.84. The van der Waals surface area contributed by atoms with Gasteiger partial charge in [0.2, 0.25) is 0 Å². The number of rotatable bonds is 3. The van der Waals surface area contributed by atoms with Crippen LogP contribution in [0.3, 0.4) is 0 Å². The highest BCUT2D eigenvalue weighted by Gasteiger charge is 2.16. The maximum atomic E-state index is 12.5. The van der Waals surface area contributed by atoms with Crippen LogP contribution in [0.5, 0.6) is 0 Å². The summed E-state index contributed by atoms with van der Waals surface area (Å²) in [6, 6.07) is 9.51. The number of fused-ring (bicyclic) bond motifs is 1. The third kappa shape index (κ3) is 2.82. The predicted molar refractivity (Wildman–Crippen MR) is 90.5 cm³/mol. The zero-order valence-electron chi connectivity index (χ0n) is 11.4. The number of nitrogens with one attached hydrogen (secondary N) is 1. The van der Waals surface area contributed by atoms with Gasteiger partial charge in [0.15, 0.2) is 0 Å². The molecule has 0 unspecified atom stereocenters. The van der Waals surface area contributed by atoms with E-state index in [1.807, 2.05) is 35.7 Å². The Bertz CT molecular complexity index is 808. The maximum absolute atomic E-state index is 12.5. The molecule has 0 bridgehead atoms. The summed E-state index contributed by atoms with van der Waals surface area (Å²) >= 11 is 5.05. The molecular formula is C15H14BrN3OS. The summed E-state index contributed by atoms with van der Waals surface area (Å²) in [5.74, 6) is -0.0462. The van der Waals surface area contributed by atoms with E-state index in [0.717, 1.165) is 20.3 Å². The Labute approximate surface area is 134 Å². The number of hydrogen-bond donors (Lipinski definition) is 2. The molecule has 3 rings (SSSR count). The van der Waals surface area contributed by atoms with Gasteiger partial charge in [-0.25, -0.2) is 0 Å².